The first kappa shape index (κ1) is 14.3. The van der Waals surface area contributed by atoms with Crippen molar-refractivity contribution in [3.63, 3.8) is 0 Å². The Kier molecular flexibility index (Phi) is 3.62. The molecule has 0 aliphatic heterocycles. The molecule has 0 aliphatic rings. The molecule has 3 heteroatoms. The van der Waals surface area contributed by atoms with Crippen molar-refractivity contribution in [1.29, 1.82) is 0 Å². The number of carbonyl (C=O) groups is 1. The third-order valence-corrected chi connectivity index (χ3v) is 3.18. The van der Waals surface area contributed by atoms with Crippen LogP contribution in [0.4, 0.5) is 0 Å². The van der Waals surface area contributed by atoms with Crippen molar-refractivity contribution < 1.29 is 9.90 Å². The Morgan fingerprint density at radius 1 is 1.05 bits per heavy atom. The first-order valence-electron chi connectivity index (χ1n) is 6.61. The highest BCUT2D eigenvalue weighted by molar-refractivity contribution is 5.89. The molecule has 0 unspecified atom stereocenters. The Bertz CT molecular complexity index is 637. The molecule has 2 rings (SSSR count). The minimum absolute atomic E-state index is 0.272. The maximum atomic E-state index is 11.3. The summed E-state index contributed by atoms with van der Waals surface area (Å²) in [7, 11) is 0. The Hall–Kier alpha value is -2.16. The average molecular weight is 269 g/mol. The molecule has 0 amide bonds. The number of carboxylic acid groups (broad SMARTS) is 1. The monoisotopic (exact) mass is 269 g/mol. The zero-order chi connectivity index (χ0) is 14.9. The number of aromatic carboxylic acids is 1. The van der Waals surface area contributed by atoms with Gasteiger partial charge < -0.3 is 5.11 Å². The number of aromatic nitrogens is 1. The molecule has 0 bridgehead atoms. The van der Waals surface area contributed by atoms with E-state index in [0.29, 0.717) is 5.69 Å². The van der Waals surface area contributed by atoms with Gasteiger partial charge in [-0.05, 0) is 19.1 Å². The predicted octanol–water partition coefficient (Wildman–Crippen LogP) is 4.05. The highest BCUT2D eigenvalue weighted by atomic mass is 16.4. The van der Waals surface area contributed by atoms with Crippen molar-refractivity contribution in [2.45, 2.75) is 33.1 Å². The lowest BCUT2D eigenvalue weighted by Gasteiger charge is -2.21. The lowest BCUT2D eigenvalue weighted by molar-refractivity contribution is 0.0693. The first-order chi connectivity index (χ1) is 9.29. The molecule has 0 spiro atoms. The van der Waals surface area contributed by atoms with Crippen LogP contribution in [0.15, 0.2) is 36.4 Å². The Balaban J connectivity index is 2.58. The summed E-state index contributed by atoms with van der Waals surface area (Å²) in [5.74, 6) is -0.933. The van der Waals surface area contributed by atoms with Gasteiger partial charge in [0.25, 0.3) is 0 Å². The summed E-state index contributed by atoms with van der Waals surface area (Å²) in [4.78, 5) is 15.9. The van der Waals surface area contributed by atoms with Crippen LogP contribution in [0.3, 0.4) is 0 Å². The molecule has 0 atom stereocenters. The van der Waals surface area contributed by atoms with E-state index in [4.69, 9.17) is 0 Å². The smallest absolute Gasteiger partial charge is 0.337 e. The minimum Gasteiger partial charge on any atom is -0.478 e. The summed E-state index contributed by atoms with van der Waals surface area (Å²) in [6, 6.07) is 11.5. The average Bonchev–Trinajstić information content (AvgIpc) is 2.38. The molecule has 0 fully saturated rings. The van der Waals surface area contributed by atoms with Crippen molar-refractivity contribution in [3.8, 4) is 11.3 Å². The second-order valence-electron chi connectivity index (χ2n) is 6.01. The Morgan fingerprint density at radius 2 is 1.65 bits per heavy atom. The molecule has 0 radical (unpaired) electrons. The van der Waals surface area contributed by atoms with Gasteiger partial charge in [-0.2, -0.15) is 0 Å². The van der Waals surface area contributed by atoms with E-state index in [9.17, 15) is 9.90 Å². The Morgan fingerprint density at radius 3 is 2.15 bits per heavy atom. The maximum absolute atomic E-state index is 11.3. The SMILES string of the molecule is Cc1ccc(-c2ccc(C(=O)O)c(C(C)(C)C)n2)cc1. The standard InChI is InChI=1S/C17H19NO2/c1-11-5-7-12(8-6-11)14-10-9-13(16(19)20)15(18-14)17(2,3)4/h5-10H,1-4H3,(H,19,20). The molecule has 2 aromatic rings. The number of nitrogens with zero attached hydrogens (tertiary/aromatic N) is 1. The van der Waals surface area contributed by atoms with Crippen LogP contribution in [0, 0.1) is 6.92 Å². The van der Waals surface area contributed by atoms with Crippen LogP contribution >= 0.6 is 0 Å². The van der Waals surface area contributed by atoms with E-state index in [2.05, 4.69) is 4.98 Å². The molecule has 1 aromatic carbocycles. The van der Waals surface area contributed by atoms with E-state index in [1.165, 1.54) is 5.56 Å². The Labute approximate surface area is 119 Å². The van der Waals surface area contributed by atoms with E-state index < -0.39 is 5.97 Å². The molecule has 3 nitrogen and oxygen atoms in total. The molecule has 0 saturated heterocycles. The number of benzene rings is 1. The molecule has 1 N–H and O–H groups in total. The number of aryl methyl sites for hydroxylation is 1. The van der Waals surface area contributed by atoms with Crippen LogP contribution in [-0.4, -0.2) is 16.1 Å². The maximum Gasteiger partial charge on any atom is 0.337 e. The summed E-state index contributed by atoms with van der Waals surface area (Å²) >= 11 is 0. The van der Waals surface area contributed by atoms with Crippen LogP contribution in [-0.2, 0) is 5.41 Å². The van der Waals surface area contributed by atoms with Gasteiger partial charge >= 0.3 is 5.97 Å². The van der Waals surface area contributed by atoms with Crippen molar-refractivity contribution in [2.24, 2.45) is 0 Å². The molecular formula is C17H19NO2. The summed E-state index contributed by atoms with van der Waals surface area (Å²) in [5, 5.41) is 9.29. The fourth-order valence-corrected chi connectivity index (χ4v) is 2.09. The van der Waals surface area contributed by atoms with Crippen molar-refractivity contribution >= 4 is 5.97 Å². The van der Waals surface area contributed by atoms with Crippen LogP contribution in [0.2, 0.25) is 0 Å². The van der Waals surface area contributed by atoms with Gasteiger partial charge in [0, 0.05) is 11.0 Å². The lowest BCUT2D eigenvalue weighted by atomic mass is 9.88. The molecule has 104 valence electrons. The number of hydrogen-bond acceptors (Lipinski definition) is 2. The number of carboxylic acids is 1. The third-order valence-electron chi connectivity index (χ3n) is 3.18. The highest BCUT2D eigenvalue weighted by Crippen LogP contribution is 2.27. The van der Waals surface area contributed by atoms with Gasteiger partial charge in [-0.15, -0.1) is 0 Å². The van der Waals surface area contributed by atoms with E-state index in [1.54, 1.807) is 12.1 Å². The molecular weight excluding hydrogens is 250 g/mol. The van der Waals surface area contributed by atoms with Crippen LogP contribution in [0.5, 0.6) is 0 Å². The summed E-state index contributed by atoms with van der Waals surface area (Å²) in [6.07, 6.45) is 0. The zero-order valence-electron chi connectivity index (χ0n) is 12.3. The predicted molar refractivity (Wildman–Crippen MR) is 80.1 cm³/mol. The molecule has 1 heterocycles. The summed E-state index contributed by atoms with van der Waals surface area (Å²) in [5.41, 5.74) is 3.57. The van der Waals surface area contributed by atoms with Gasteiger partial charge in [0.1, 0.15) is 0 Å². The van der Waals surface area contributed by atoms with Crippen LogP contribution < -0.4 is 0 Å². The number of pyridine rings is 1. The van der Waals surface area contributed by atoms with E-state index in [1.807, 2.05) is 52.0 Å². The van der Waals surface area contributed by atoms with Crippen LogP contribution in [0.1, 0.15) is 42.4 Å². The molecule has 0 saturated carbocycles. The van der Waals surface area contributed by atoms with Gasteiger partial charge in [-0.3, -0.25) is 4.98 Å². The van der Waals surface area contributed by atoms with Gasteiger partial charge in [-0.1, -0.05) is 50.6 Å². The van der Waals surface area contributed by atoms with Crippen molar-refractivity contribution in [1.82, 2.24) is 4.98 Å². The van der Waals surface area contributed by atoms with Gasteiger partial charge in [0.05, 0.1) is 17.0 Å². The van der Waals surface area contributed by atoms with Crippen molar-refractivity contribution in [2.75, 3.05) is 0 Å². The number of rotatable bonds is 2. The van der Waals surface area contributed by atoms with E-state index in [-0.39, 0.29) is 11.0 Å². The van der Waals surface area contributed by atoms with Gasteiger partial charge in [0.2, 0.25) is 0 Å². The first-order valence-corrected chi connectivity index (χ1v) is 6.61. The molecule has 0 aliphatic carbocycles. The normalized spacial score (nSPS) is 11.4. The van der Waals surface area contributed by atoms with Gasteiger partial charge in [-0.25, -0.2) is 4.79 Å². The highest BCUT2D eigenvalue weighted by Gasteiger charge is 2.23. The van der Waals surface area contributed by atoms with Gasteiger partial charge in [0.15, 0.2) is 0 Å². The third kappa shape index (κ3) is 2.87. The zero-order valence-corrected chi connectivity index (χ0v) is 12.3. The summed E-state index contributed by atoms with van der Waals surface area (Å²) in [6.45, 7) is 7.95. The van der Waals surface area contributed by atoms with Crippen LogP contribution in [0.25, 0.3) is 11.3 Å². The largest absolute Gasteiger partial charge is 0.478 e. The van der Waals surface area contributed by atoms with E-state index >= 15 is 0 Å². The van der Waals surface area contributed by atoms with E-state index in [0.717, 1.165) is 11.3 Å². The summed E-state index contributed by atoms with van der Waals surface area (Å²) < 4.78 is 0. The fourth-order valence-electron chi connectivity index (χ4n) is 2.09. The lowest BCUT2D eigenvalue weighted by Crippen LogP contribution is -2.19. The van der Waals surface area contributed by atoms with Crippen molar-refractivity contribution in [3.05, 3.63) is 53.2 Å². The topological polar surface area (TPSA) is 50.2 Å². The number of hydrogen-bond donors (Lipinski definition) is 1. The fraction of sp³-hybridized carbons (Fsp3) is 0.294. The molecule has 1 aromatic heterocycles. The minimum atomic E-state index is -0.933. The second-order valence-corrected chi connectivity index (χ2v) is 6.01. The second kappa shape index (κ2) is 5.08. The quantitative estimate of drug-likeness (QED) is 0.894. The molecule has 20 heavy (non-hydrogen) atoms.